The van der Waals surface area contributed by atoms with E-state index in [0.29, 0.717) is 12.1 Å². The van der Waals surface area contributed by atoms with Gasteiger partial charge in [-0.2, -0.15) is 0 Å². The molecule has 0 aliphatic carbocycles. The number of likely N-dealkylation sites (N-methyl/N-ethyl adjacent to an activating group) is 1. The van der Waals surface area contributed by atoms with Gasteiger partial charge in [0.15, 0.2) is 0 Å². The normalized spacial score (nSPS) is 22.1. The average Bonchev–Trinajstić information content (AvgIpc) is 2.49. The molecule has 0 aromatic heterocycles. The molecule has 2 rings (SSSR count). The second-order valence-electron chi connectivity index (χ2n) is 6.17. The van der Waals surface area contributed by atoms with Crippen molar-refractivity contribution >= 4 is 0 Å². The van der Waals surface area contributed by atoms with Crippen molar-refractivity contribution in [3.8, 4) is 0 Å². The number of likely N-dealkylation sites (tertiary alicyclic amines) is 1. The van der Waals surface area contributed by atoms with Crippen LogP contribution in [0.25, 0.3) is 0 Å². The molecule has 0 spiro atoms. The zero-order valence-electron chi connectivity index (χ0n) is 13.0. The fraction of sp³-hybridized carbons (Fsp3) is 0.647. The first-order chi connectivity index (χ1) is 9.70. The second kappa shape index (κ2) is 7.77. The van der Waals surface area contributed by atoms with Crippen molar-refractivity contribution in [2.45, 2.75) is 37.8 Å². The van der Waals surface area contributed by atoms with E-state index in [-0.39, 0.29) is 0 Å². The van der Waals surface area contributed by atoms with Gasteiger partial charge in [0.05, 0.1) is 0 Å². The van der Waals surface area contributed by atoms with Crippen molar-refractivity contribution in [2.24, 2.45) is 5.73 Å². The van der Waals surface area contributed by atoms with Crippen LogP contribution in [0.3, 0.4) is 0 Å². The quantitative estimate of drug-likeness (QED) is 0.861. The molecular weight excluding hydrogens is 246 g/mol. The van der Waals surface area contributed by atoms with Crippen LogP contribution in [0.5, 0.6) is 0 Å². The Labute approximate surface area is 123 Å². The first-order valence-corrected chi connectivity index (χ1v) is 7.85. The molecule has 0 amide bonds. The fourth-order valence-corrected chi connectivity index (χ4v) is 3.16. The number of hydrogen-bond acceptors (Lipinski definition) is 3. The number of piperidine rings is 1. The highest BCUT2D eigenvalue weighted by Gasteiger charge is 2.25. The van der Waals surface area contributed by atoms with E-state index in [1.807, 2.05) is 0 Å². The van der Waals surface area contributed by atoms with Gasteiger partial charge in [0.25, 0.3) is 0 Å². The van der Waals surface area contributed by atoms with Crippen LogP contribution in [0.1, 0.15) is 24.8 Å². The van der Waals surface area contributed by atoms with Crippen LogP contribution in [0.2, 0.25) is 0 Å². The average molecular weight is 275 g/mol. The van der Waals surface area contributed by atoms with Gasteiger partial charge < -0.3 is 10.6 Å². The lowest BCUT2D eigenvalue weighted by Gasteiger charge is -2.40. The highest BCUT2D eigenvalue weighted by molar-refractivity contribution is 5.14. The zero-order valence-corrected chi connectivity index (χ0v) is 13.0. The summed E-state index contributed by atoms with van der Waals surface area (Å²) < 4.78 is 0. The third-order valence-corrected chi connectivity index (χ3v) is 4.56. The minimum absolute atomic E-state index is 0.526. The predicted molar refractivity (Wildman–Crippen MR) is 85.9 cm³/mol. The highest BCUT2D eigenvalue weighted by Crippen LogP contribution is 2.18. The standard InChI is InChI=1S/C17H29N3/c1-19(2)17-9-6-12-20(14-17)16(13-18)11-10-15-7-4-3-5-8-15/h3-5,7-8,16-17H,6,9-14,18H2,1-2H3. The van der Waals surface area contributed by atoms with E-state index in [1.165, 1.54) is 37.9 Å². The molecule has 3 nitrogen and oxygen atoms in total. The number of nitrogens with two attached hydrogens (primary N) is 1. The van der Waals surface area contributed by atoms with E-state index in [9.17, 15) is 0 Å². The smallest absolute Gasteiger partial charge is 0.0222 e. The summed E-state index contributed by atoms with van der Waals surface area (Å²) in [6.07, 6.45) is 4.91. The molecule has 1 aliphatic rings. The van der Waals surface area contributed by atoms with Gasteiger partial charge >= 0.3 is 0 Å². The topological polar surface area (TPSA) is 32.5 Å². The number of nitrogens with zero attached hydrogens (tertiary/aromatic N) is 2. The minimum atomic E-state index is 0.526. The van der Waals surface area contributed by atoms with Crippen molar-refractivity contribution in [2.75, 3.05) is 33.7 Å². The lowest BCUT2D eigenvalue weighted by Crippen LogP contribution is -2.51. The number of benzene rings is 1. The Kier molecular flexibility index (Phi) is 6.02. The van der Waals surface area contributed by atoms with Gasteiger partial charge in [0.1, 0.15) is 0 Å². The molecule has 2 atom stereocenters. The van der Waals surface area contributed by atoms with Crippen LogP contribution in [0.4, 0.5) is 0 Å². The number of aryl methyl sites for hydroxylation is 1. The van der Waals surface area contributed by atoms with Gasteiger partial charge in [-0.1, -0.05) is 30.3 Å². The van der Waals surface area contributed by atoms with Crippen LogP contribution in [-0.2, 0) is 6.42 Å². The molecule has 0 bridgehead atoms. The van der Waals surface area contributed by atoms with Crippen molar-refractivity contribution in [1.82, 2.24) is 9.80 Å². The predicted octanol–water partition coefficient (Wildman–Crippen LogP) is 1.97. The second-order valence-corrected chi connectivity index (χ2v) is 6.17. The van der Waals surface area contributed by atoms with Gasteiger partial charge in [-0.15, -0.1) is 0 Å². The molecule has 3 heteroatoms. The molecule has 112 valence electrons. The summed E-state index contributed by atoms with van der Waals surface area (Å²) >= 11 is 0. The monoisotopic (exact) mass is 275 g/mol. The summed E-state index contributed by atoms with van der Waals surface area (Å²) in [6, 6.07) is 12.0. The molecule has 1 saturated heterocycles. The molecule has 2 N–H and O–H groups in total. The highest BCUT2D eigenvalue weighted by atomic mass is 15.2. The van der Waals surface area contributed by atoms with Crippen molar-refractivity contribution < 1.29 is 0 Å². The molecule has 2 unspecified atom stereocenters. The maximum atomic E-state index is 6.03. The Balaban J connectivity index is 1.87. The number of hydrogen-bond donors (Lipinski definition) is 1. The minimum Gasteiger partial charge on any atom is -0.329 e. The summed E-state index contributed by atoms with van der Waals surface area (Å²) in [5.41, 5.74) is 7.46. The van der Waals surface area contributed by atoms with E-state index in [4.69, 9.17) is 5.73 Å². The SMILES string of the molecule is CN(C)C1CCCN(C(CN)CCc2ccccc2)C1. The lowest BCUT2D eigenvalue weighted by molar-refractivity contribution is 0.0949. The molecule has 1 fully saturated rings. The Morgan fingerprint density at radius 1 is 1.30 bits per heavy atom. The van der Waals surface area contributed by atoms with Crippen LogP contribution < -0.4 is 5.73 Å². The maximum absolute atomic E-state index is 6.03. The van der Waals surface area contributed by atoms with Crippen molar-refractivity contribution in [3.05, 3.63) is 35.9 Å². The van der Waals surface area contributed by atoms with Crippen LogP contribution >= 0.6 is 0 Å². The Morgan fingerprint density at radius 2 is 2.05 bits per heavy atom. The van der Waals surface area contributed by atoms with Gasteiger partial charge in [-0.05, 0) is 51.9 Å². The van der Waals surface area contributed by atoms with Crippen molar-refractivity contribution in [3.63, 3.8) is 0 Å². The molecular formula is C17H29N3. The van der Waals surface area contributed by atoms with E-state index >= 15 is 0 Å². The molecule has 0 saturated carbocycles. The van der Waals surface area contributed by atoms with Gasteiger partial charge in [-0.25, -0.2) is 0 Å². The zero-order chi connectivity index (χ0) is 14.4. The maximum Gasteiger partial charge on any atom is 0.0222 e. The molecule has 0 radical (unpaired) electrons. The lowest BCUT2D eigenvalue weighted by atomic mass is 9.99. The largest absolute Gasteiger partial charge is 0.329 e. The molecule has 1 aromatic carbocycles. The summed E-state index contributed by atoms with van der Waals surface area (Å²) in [5, 5.41) is 0. The Hall–Kier alpha value is -0.900. The summed E-state index contributed by atoms with van der Waals surface area (Å²) in [7, 11) is 4.38. The third kappa shape index (κ3) is 4.30. The van der Waals surface area contributed by atoms with Crippen molar-refractivity contribution in [1.29, 1.82) is 0 Å². The summed E-state index contributed by atoms with van der Waals surface area (Å²) in [5.74, 6) is 0. The first kappa shape index (κ1) is 15.5. The summed E-state index contributed by atoms with van der Waals surface area (Å²) in [4.78, 5) is 4.97. The molecule has 1 heterocycles. The van der Waals surface area contributed by atoms with E-state index in [0.717, 1.165) is 13.0 Å². The Bertz CT molecular complexity index is 377. The summed E-state index contributed by atoms with van der Waals surface area (Å²) in [6.45, 7) is 3.15. The Morgan fingerprint density at radius 3 is 2.70 bits per heavy atom. The van der Waals surface area contributed by atoms with Crippen LogP contribution in [0, 0.1) is 0 Å². The number of rotatable bonds is 6. The molecule has 20 heavy (non-hydrogen) atoms. The molecule has 1 aliphatic heterocycles. The first-order valence-electron chi connectivity index (χ1n) is 7.85. The van der Waals surface area contributed by atoms with E-state index in [2.05, 4.69) is 54.2 Å². The molecule has 1 aromatic rings. The van der Waals surface area contributed by atoms with Gasteiger partial charge in [0, 0.05) is 25.2 Å². The van der Waals surface area contributed by atoms with E-state index < -0.39 is 0 Å². The third-order valence-electron chi connectivity index (χ3n) is 4.56. The van der Waals surface area contributed by atoms with Crippen LogP contribution in [0.15, 0.2) is 30.3 Å². The van der Waals surface area contributed by atoms with Gasteiger partial charge in [-0.3, -0.25) is 4.90 Å². The fourth-order valence-electron chi connectivity index (χ4n) is 3.16. The van der Waals surface area contributed by atoms with Crippen LogP contribution in [-0.4, -0.2) is 55.6 Å². The van der Waals surface area contributed by atoms with Gasteiger partial charge in [0.2, 0.25) is 0 Å². The van der Waals surface area contributed by atoms with E-state index in [1.54, 1.807) is 0 Å².